The molecule has 1 aliphatic rings. The molecule has 1 heterocycles. The smallest absolute Gasteiger partial charge is 0.268 e. The predicted octanol–water partition coefficient (Wildman–Crippen LogP) is 3.81. The number of nitrogens with zero attached hydrogens (tertiary/aromatic N) is 1. The number of halogens is 3. The molecule has 0 aliphatic carbocycles. The van der Waals surface area contributed by atoms with Crippen molar-refractivity contribution in [2.75, 3.05) is 4.90 Å². The minimum absolute atomic E-state index is 0.0846. The molecule has 0 spiro atoms. The van der Waals surface area contributed by atoms with Gasteiger partial charge < -0.3 is 0 Å². The SMILES string of the molecule is Cc1ccc2c(c1)C(=O)N(c1cccc(C(F)(F)F)c1)C2=O. The number of hydrogen-bond donors (Lipinski definition) is 0. The number of anilines is 1. The van der Waals surface area contributed by atoms with E-state index in [2.05, 4.69) is 0 Å². The fourth-order valence-corrected chi connectivity index (χ4v) is 2.41. The van der Waals surface area contributed by atoms with Crippen molar-refractivity contribution in [3.63, 3.8) is 0 Å². The molecule has 22 heavy (non-hydrogen) atoms. The van der Waals surface area contributed by atoms with Gasteiger partial charge in [0.05, 0.1) is 22.4 Å². The number of hydrogen-bond acceptors (Lipinski definition) is 2. The van der Waals surface area contributed by atoms with E-state index >= 15 is 0 Å². The molecule has 3 rings (SSSR count). The van der Waals surface area contributed by atoms with Gasteiger partial charge in [-0.1, -0.05) is 17.7 Å². The van der Waals surface area contributed by atoms with Crippen LogP contribution in [0, 0.1) is 6.92 Å². The van der Waals surface area contributed by atoms with E-state index < -0.39 is 23.6 Å². The van der Waals surface area contributed by atoms with Gasteiger partial charge >= 0.3 is 6.18 Å². The molecule has 3 nitrogen and oxygen atoms in total. The van der Waals surface area contributed by atoms with E-state index in [1.165, 1.54) is 18.2 Å². The van der Waals surface area contributed by atoms with Crippen LogP contribution in [-0.2, 0) is 6.18 Å². The summed E-state index contributed by atoms with van der Waals surface area (Å²) in [7, 11) is 0. The van der Waals surface area contributed by atoms with E-state index in [0.717, 1.165) is 22.6 Å². The highest BCUT2D eigenvalue weighted by Gasteiger charge is 2.38. The topological polar surface area (TPSA) is 37.4 Å². The first-order chi connectivity index (χ1) is 10.3. The molecule has 0 N–H and O–H groups in total. The second-order valence-corrected chi connectivity index (χ2v) is 5.04. The van der Waals surface area contributed by atoms with Crippen molar-refractivity contribution in [3.8, 4) is 0 Å². The highest BCUT2D eigenvalue weighted by molar-refractivity contribution is 6.34. The van der Waals surface area contributed by atoms with Gasteiger partial charge in [-0.2, -0.15) is 13.2 Å². The lowest BCUT2D eigenvalue weighted by Crippen LogP contribution is -2.29. The van der Waals surface area contributed by atoms with E-state index in [4.69, 9.17) is 0 Å². The van der Waals surface area contributed by atoms with Crippen molar-refractivity contribution >= 4 is 17.5 Å². The quantitative estimate of drug-likeness (QED) is 0.751. The highest BCUT2D eigenvalue weighted by Crippen LogP contribution is 2.34. The number of carbonyl (C=O) groups excluding carboxylic acids is 2. The molecule has 0 atom stereocenters. The minimum atomic E-state index is -4.54. The number of alkyl halides is 3. The van der Waals surface area contributed by atoms with Crippen molar-refractivity contribution < 1.29 is 22.8 Å². The van der Waals surface area contributed by atoms with Gasteiger partial charge in [0, 0.05) is 0 Å². The molecule has 1 aliphatic heterocycles. The van der Waals surface area contributed by atoms with Crippen LogP contribution in [0.25, 0.3) is 0 Å². The van der Waals surface area contributed by atoms with E-state index in [1.807, 2.05) is 0 Å². The van der Waals surface area contributed by atoms with Crippen LogP contribution >= 0.6 is 0 Å². The summed E-state index contributed by atoms with van der Waals surface area (Å²) in [6.07, 6.45) is -4.54. The predicted molar refractivity (Wildman–Crippen MR) is 73.8 cm³/mol. The molecule has 0 fully saturated rings. The summed E-state index contributed by atoms with van der Waals surface area (Å²) >= 11 is 0. The van der Waals surface area contributed by atoms with Gasteiger partial charge in [-0.15, -0.1) is 0 Å². The monoisotopic (exact) mass is 305 g/mol. The largest absolute Gasteiger partial charge is 0.416 e. The molecule has 0 saturated heterocycles. The van der Waals surface area contributed by atoms with Gasteiger partial charge in [0.25, 0.3) is 11.8 Å². The van der Waals surface area contributed by atoms with Gasteiger partial charge in [0.2, 0.25) is 0 Å². The fourth-order valence-electron chi connectivity index (χ4n) is 2.41. The van der Waals surface area contributed by atoms with E-state index in [-0.39, 0.29) is 16.8 Å². The van der Waals surface area contributed by atoms with Crippen LogP contribution in [0.3, 0.4) is 0 Å². The molecule has 2 aromatic rings. The van der Waals surface area contributed by atoms with Crippen LogP contribution in [-0.4, -0.2) is 11.8 Å². The first-order valence-corrected chi connectivity index (χ1v) is 6.46. The number of fused-ring (bicyclic) bond motifs is 1. The van der Waals surface area contributed by atoms with Crippen molar-refractivity contribution in [1.82, 2.24) is 0 Å². The second kappa shape index (κ2) is 4.69. The third kappa shape index (κ3) is 2.16. The minimum Gasteiger partial charge on any atom is -0.268 e. The van der Waals surface area contributed by atoms with Crippen LogP contribution in [0.4, 0.5) is 18.9 Å². The average molecular weight is 305 g/mol. The molecule has 6 heteroatoms. The van der Waals surface area contributed by atoms with Crippen molar-refractivity contribution in [3.05, 3.63) is 64.7 Å². The Morgan fingerprint density at radius 2 is 1.59 bits per heavy atom. The summed E-state index contributed by atoms with van der Waals surface area (Å²) in [5.41, 5.74) is 0.220. The van der Waals surface area contributed by atoms with E-state index in [9.17, 15) is 22.8 Å². The van der Waals surface area contributed by atoms with E-state index in [1.54, 1.807) is 19.1 Å². The number of carbonyl (C=O) groups is 2. The maximum atomic E-state index is 12.8. The summed E-state index contributed by atoms with van der Waals surface area (Å²) in [6.45, 7) is 1.77. The molecule has 0 aromatic heterocycles. The normalized spacial score (nSPS) is 14.5. The Kier molecular flexibility index (Phi) is 3.05. The molecule has 2 aromatic carbocycles. The van der Waals surface area contributed by atoms with Gasteiger partial charge in [0.1, 0.15) is 0 Å². The Morgan fingerprint density at radius 1 is 0.909 bits per heavy atom. The molecular weight excluding hydrogens is 295 g/mol. The van der Waals surface area contributed by atoms with Crippen LogP contribution in [0.15, 0.2) is 42.5 Å². The molecule has 2 amide bonds. The van der Waals surface area contributed by atoms with Crippen LogP contribution < -0.4 is 4.90 Å². The first kappa shape index (κ1) is 14.3. The average Bonchev–Trinajstić information content (AvgIpc) is 2.69. The maximum absolute atomic E-state index is 12.8. The van der Waals surface area contributed by atoms with Crippen molar-refractivity contribution in [2.45, 2.75) is 13.1 Å². The third-order valence-electron chi connectivity index (χ3n) is 3.47. The lowest BCUT2D eigenvalue weighted by molar-refractivity contribution is -0.137. The third-order valence-corrected chi connectivity index (χ3v) is 3.47. The standard InChI is InChI=1S/C16H10F3NO2/c1-9-5-6-12-13(7-9)15(22)20(14(12)21)11-4-2-3-10(8-11)16(17,18)19/h2-8H,1H3. The highest BCUT2D eigenvalue weighted by atomic mass is 19.4. The Balaban J connectivity index is 2.08. The Morgan fingerprint density at radius 3 is 2.27 bits per heavy atom. The number of rotatable bonds is 1. The number of imide groups is 1. The molecule has 0 saturated carbocycles. The lowest BCUT2D eigenvalue weighted by atomic mass is 10.1. The first-order valence-electron chi connectivity index (χ1n) is 6.46. The Labute approximate surface area is 124 Å². The molecule has 0 unspecified atom stereocenters. The lowest BCUT2D eigenvalue weighted by Gasteiger charge is -2.16. The summed E-state index contributed by atoms with van der Waals surface area (Å²) < 4.78 is 38.3. The zero-order valence-electron chi connectivity index (χ0n) is 11.4. The molecule has 0 bridgehead atoms. The summed E-state index contributed by atoms with van der Waals surface area (Å²) in [5.74, 6) is -1.22. The summed E-state index contributed by atoms with van der Waals surface area (Å²) in [6, 6.07) is 8.93. The Hall–Kier alpha value is -2.63. The van der Waals surface area contributed by atoms with Gasteiger partial charge in [-0.05, 0) is 37.3 Å². The zero-order chi connectivity index (χ0) is 16.1. The van der Waals surface area contributed by atoms with Crippen LogP contribution in [0.2, 0.25) is 0 Å². The fraction of sp³-hybridized carbons (Fsp3) is 0.125. The number of aryl methyl sites for hydroxylation is 1. The van der Waals surface area contributed by atoms with Gasteiger partial charge in [-0.25, -0.2) is 4.90 Å². The van der Waals surface area contributed by atoms with Gasteiger partial charge in [0.15, 0.2) is 0 Å². The summed E-state index contributed by atoms with van der Waals surface area (Å²) in [4.78, 5) is 25.4. The van der Waals surface area contributed by atoms with Crippen molar-refractivity contribution in [1.29, 1.82) is 0 Å². The zero-order valence-corrected chi connectivity index (χ0v) is 11.4. The molecular formula is C16H10F3NO2. The van der Waals surface area contributed by atoms with Crippen LogP contribution in [0.5, 0.6) is 0 Å². The number of amides is 2. The second-order valence-electron chi connectivity index (χ2n) is 5.04. The number of benzene rings is 2. The van der Waals surface area contributed by atoms with E-state index in [0.29, 0.717) is 0 Å². The molecule has 0 radical (unpaired) electrons. The van der Waals surface area contributed by atoms with Crippen LogP contribution in [0.1, 0.15) is 31.8 Å². The summed E-state index contributed by atoms with van der Waals surface area (Å²) in [5, 5.41) is 0. The van der Waals surface area contributed by atoms with Gasteiger partial charge in [-0.3, -0.25) is 9.59 Å². The van der Waals surface area contributed by atoms with Crippen molar-refractivity contribution in [2.24, 2.45) is 0 Å². The molecule has 112 valence electrons. The Bertz CT molecular complexity index is 796. The maximum Gasteiger partial charge on any atom is 0.416 e.